The van der Waals surface area contributed by atoms with Crippen LogP contribution in [-0.2, 0) is 11.2 Å². The molecule has 64 valence electrons. The second kappa shape index (κ2) is 4.01. The second-order valence-electron chi connectivity index (χ2n) is 2.24. The van der Waals surface area contributed by atoms with Crippen molar-refractivity contribution in [3.05, 3.63) is 33.0 Å². The Morgan fingerprint density at radius 1 is 1.58 bits per heavy atom. The molecule has 0 saturated carbocycles. The van der Waals surface area contributed by atoms with Gasteiger partial charge < -0.3 is 4.79 Å². The smallest absolute Gasteiger partial charge is 0.143 e. The van der Waals surface area contributed by atoms with Crippen LogP contribution in [0.15, 0.2) is 16.6 Å². The maximum Gasteiger partial charge on any atom is 0.143 e. The standard InChI is InChI=1S/C8H5BrClFO/c9-6-3-5(1-2-12)4-7(11)8(6)10/h2-4H,1H2. The van der Waals surface area contributed by atoms with Crippen molar-refractivity contribution in [3.63, 3.8) is 0 Å². The Balaban J connectivity index is 3.11. The molecule has 0 unspecified atom stereocenters. The molecular formula is C8H5BrClFO. The minimum Gasteiger partial charge on any atom is -0.303 e. The number of carbonyl (C=O) groups excluding carboxylic acids is 1. The summed E-state index contributed by atoms with van der Waals surface area (Å²) in [4.78, 5) is 10.1. The highest BCUT2D eigenvalue weighted by Gasteiger charge is 2.05. The highest BCUT2D eigenvalue weighted by molar-refractivity contribution is 9.10. The molecule has 1 nitrogen and oxygen atoms in total. The van der Waals surface area contributed by atoms with Gasteiger partial charge in [0.25, 0.3) is 0 Å². The van der Waals surface area contributed by atoms with E-state index in [2.05, 4.69) is 15.9 Å². The molecule has 0 spiro atoms. The van der Waals surface area contributed by atoms with Crippen LogP contribution in [0.3, 0.4) is 0 Å². The molecule has 1 aromatic carbocycles. The topological polar surface area (TPSA) is 17.1 Å². The average molecular weight is 251 g/mol. The predicted molar refractivity (Wildman–Crippen MR) is 48.9 cm³/mol. The first-order valence-corrected chi connectivity index (χ1v) is 4.39. The number of aldehydes is 1. The van der Waals surface area contributed by atoms with Crippen LogP contribution in [0.5, 0.6) is 0 Å². The number of carbonyl (C=O) groups is 1. The molecule has 0 fully saturated rings. The summed E-state index contributed by atoms with van der Waals surface area (Å²) in [5, 5.41) is 0.0460. The third kappa shape index (κ3) is 2.05. The molecule has 0 saturated heterocycles. The van der Waals surface area contributed by atoms with Crippen molar-refractivity contribution in [2.24, 2.45) is 0 Å². The van der Waals surface area contributed by atoms with Crippen LogP contribution in [0.25, 0.3) is 0 Å². The average Bonchev–Trinajstić information content (AvgIpc) is 2.01. The zero-order valence-electron chi connectivity index (χ0n) is 5.98. The van der Waals surface area contributed by atoms with Crippen LogP contribution >= 0.6 is 27.5 Å². The molecule has 0 amide bonds. The van der Waals surface area contributed by atoms with Crippen molar-refractivity contribution in [1.82, 2.24) is 0 Å². The van der Waals surface area contributed by atoms with E-state index in [1.165, 1.54) is 6.07 Å². The van der Waals surface area contributed by atoms with Crippen molar-refractivity contribution in [2.75, 3.05) is 0 Å². The SMILES string of the molecule is O=CCc1cc(F)c(Cl)c(Br)c1. The van der Waals surface area contributed by atoms with Gasteiger partial charge in [-0.3, -0.25) is 0 Å². The molecule has 0 N–H and O–H groups in total. The van der Waals surface area contributed by atoms with Crippen molar-refractivity contribution in [3.8, 4) is 0 Å². The highest BCUT2D eigenvalue weighted by atomic mass is 79.9. The summed E-state index contributed by atoms with van der Waals surface area (Å²) >= 11 is 8.62. The van der Waals surface area contributed by atoms with Crippen molar-refractivity contribution >= 4 is 33.8 Å². The van der Waals surface area contributed by atoms with Gasteiger partial charge in [-0.2, -0.15) is 0 Å². The van der Waals surface area contributed by atoms with Gasteiger partial charge in [0.1, 0.15) is 12.1 Å². The Kier molecular flexibility index (Phi) is 3.23. The first-order chi connectivity index (χ1) is 5.65. The van der Waals surface area contributed by atoms with Gasteiger partial charge in [0, 0.05) is 10.9 Å². The van der Waals surface area contributed by atoms with E-state index in [9.17, 15) is 9.18 Å². The molecule has 0 radical (unpaired) electrons. The van der Waals surface area contributed by atoms with Crippen molar-refractivity contribution in [1.29, 1.82) is 0 Å². The second-order valence-corrected chi connectivity index (χ2v) is 3.48. The first kappa shape index (κ1) is 9.68. The van der Waals surface area contributed by atoms with Gasteiger partial charge in [-0.1, -0.05) is 11.6 Å². The summed E-state index contributed by atoms with van der Waals surface area (Å²) in [5.74, 6) is -0.511. The van der Waals surface area contributed by atoms with Crippen LogP contribution < -0.4 is 0 Å². The summed E-state index contributed by atoms with van der Waals surface area (Å²) in [7, 11) is 0. The first-order valence-electron chi connectivity index (χ1n) is 3.22. The zero-order valence-corrected chi connectivity index (χ0v) is 8.32. The summed E-state index contributed by atoms with van der Waals surface area (Å²) in [5.41, 5.74) is 0.610. The van der Waals surface area contributed by atoms with Crippen molar-refractivity contribution in [2.45, 2.75) is 6.42 Å². The lowest BCUT2D eigenvalue weighted by Crippen LogP contribution is -1.89. The van der Waals surface area contributed by atoms with Gasteiger partial charge >= 0.3 is 0 Å². The molecule has 0 aliphatic heterocycles. The van der Waals surface area contributed by atoms with E-state index in [4.69, 9.17) is 11.6 Å². The normalized spacial score (nSPS) is 9.92. The predicted octanol–water partition coefficient (Wildman–Crippen LogP) is 2.98. The molecule has 12 heavy (non-hydrogen) atoms. The quantitative estimate of drug-likeness (QED) is 0.583. The lowest BCUT2D eigenvalue weighted by molar-refractivity contribution is -0.107. The van der Waals surface area contributed by atoms with E-state index >= 15 is 0 Å². The Bertz CT molecular complexity index is 291. The maximum absolute atomic E-state index is 12.9. The Morgan fingerprint density at radius 3 is 2.75 bits per heavy atom. The fraction of sp³-hybridized carbons (Fsp3) is 0.125. The molecule has 1 aromatic rings. The number of benzene rings is 1. The molecule has 0 aliphatic rings. The summed E-state index contributed by atoms with van der Waals surface area (Å²) in [6.07, 6.45) is 0.918. The third-order valence-corrected chi connectivity index (χ3v) is 2.60. The van der Waals surface area contributed by atoms with Gasteiger partial charge in [0.2, 0.25) is 0 Å². The van der Waals surface area contributed by atoms with Crippen LogP contribution in [0.4, 0.5) is 4.39 Å². The lowest BCUT2D eigenvalue weighted by atomic mass is 10.2. The van der Waals surface area contributed by atoms with Gasteiger partial charge in [0.15, 0.2) is 0 Å². The Morgan fingerprint density at radius 2 is 2.25 bits per heavy atom. The van der Waals surface area contributed by atoms with E-state index in [0.29, 0.717) is 10.0 Å². The number of hydrogen-bond acceptors (Lipinski definition) is 1. The van der Waals surface area contributed by atoms with E-state index < -0.39 is 5.82 Å². The number of rotatable bonds is 2. The summed E-state index contributed by atoms with van der Waals surface area (Å²) in [6.45, 7) is 0. The molecule has 1 rings (SSSR count). The number of hydrogen-bond donors (Lipinski definition) is 0. The van der Waals surface area contributed by atoms with Crippen LogP contribution in [-0.4, -0.2) is 6.29 Å². The zero-order chi connectivity index (χ0) is 9.14. The fourth-order valence-corrected chi connectivity index (χ4v) is 1.41. The monoisotopic (exact) mass is 250 g/mol. The highest BCUT2D eigenvalue weighted by Crippen LogP contribution is 2.26. The van der Waals surface area contributed by atoms with E-state index in [-0.39, 0.29) is 11.4 Å². The lowest BCUT2D eigenvalue weighted by Gasteiger charge is -2.00. The van der Waals surface area contributed by atoms with Crippen LogP contribution in [0, 0.1) is 5.82 Å². The third-order valence-electron chi connectivity index (χ3n) is 1.36. The van der Waals surface area contributed by atoms with E-state index in [1.807, 2.05) is 0 Å². The largest absolute Gasteiger partial charge is 0.303 e. The molecule has 0 aliphatic carbocycles. The Hall–Kier alpha value is -0.410. The Labute approximate surface area is 82.7 Å². The molecule has 0 aromatic heterocycles. The molecular weight excluding hydrogens is 246 g/mol. The van der Waals surface area contributed by atoms with Gasteiger partial charge in [-0.15, -0.1) is 0 Å². The van der Waals surface area contributed by atoms with Gasteiger partial charge in [0.05, 0.1) is 5.02 Å². The van der Waals surface area contributed by atoms with Gasteiger partial charge in [-0.05, 0) is 33.6 Å². The van der Waals surface area contributed by atoms with Crippen LogP contribution in [0.1, 0.15) is 5.56 Å². The minimum absolute atomic E-state index is 0.0460. The molecule has 0 atom stereocenters. The molecule has 4 heteroatoms. The summed E-state index contributed by atoms with van der Waals surface area (Å²) < 4.78 is 13.4. The maximum atomic E-state index is 12.9. The van der Waals surface area contributed by atoms with E-state index in [1.54, 1.807) is 6.07 Å². The molecule has 0 heterocycles. The van der Waals surface area contributed by atoms with Crippen LogP contribution in [0.2, 0.25) is 5.02 Å². The summed E-state index contributed by atoms with van der Waals surface area (Å²) in [6, 6.07) is 2.88. The molecule has 0 bridgehead atoms. The number of halogens is 3. The van der Waals surface area contributed by atoms with Gasteiger partial charge in [-0.25, -0.2) is 4.39 Å². The van der Waals surface area contributed by atoms with E-state index in [0.717, 1.165) is 6.29 Å². The minimum atomic E-state index is -0.511. The van der Waals surface area contributed by atoms with Crippen molar-refractivity contribution < 1.29 is 9.18 Å². The fourth-order valence-electron chi connectivity index (χ4n) is 0.822.